The summed E-state index contributed by atoms with van der Waals surface area (Å²) in [4.78, 5) is 25.5. The number of nitrogens with zero attached hydrogens (tertiary/aromatic N) is 2. The highest BCUT2D eigenvalue weighted by Crippen LogP contribution is 2.31. The second kappa shape index (κ2) is 11.9. The number of carbonyl (C=O) groups is 1. The molecule has 2 saturated heterocycles. The van der Waals surface area contributed by atoms with Crippen LogP contribution in [0.3, 0.4) is 0 Å². The number of aliphatic hydroxyl groups is 1. The molecule has 37 heavy (non-hydrogen) atoms. The number of rotatable bonds is 8. The Morgan fingerprint density at radius 3 is 2.54 bits per heavy atom. The molecule has 0 bridgehead atoms. The maximum Gasteiger partial charge on any atom is 0.423 e. The first-order valence-electron chi connectivity index (χ1n) is 11.5. The zero-order chi connectivity index (χ0) is 27.4. The van der Waals surface area contributed by atoms with E-state index < -0.39 is 72.1 Å². The van der Waals surface area contributed by atoms with Gasteiger partial charge >= 0.3 is 12.4 Å². The molecule has 0 saturated carbocycles. The number of nitrogens with one attached hydrogen (secondary N) is 5. The Bertz CT molecular complexity index is 968. The van der Waals surface area contributed by atoms with Crippen molar-refractivity contribution in [2.45, 2.75) is 50.2 Å². The van der Waals surface area contributed by atoms with E-state index in [0.29, 0.717) is 13.0 Å². The van der Waals surface area contributed by atoms with Crippen LogP contribution >= 0.6 is 0 Å². The van der Waals surface area contributed by atoms with Crippen LogP contribution in [0.1, 0.15) is 18.9 Å². The predicted octanol–water partition coefficient (Wildman–Crippen LogP) is -0.188. The third-order valence-corrected chi connectivity index (χ3v) is 6.05. The van der Waals surface area contributed by atoms with Crippen LogP contribution in [0, 0.1) is 5.92 Å². The molecule has 1 aromatic heterocycles. The molecule has 0 radical (unpaired) electrons. The Morgan fingerprint density at radius 2 is 1.95 bits per heavy atom. The van der Waals surface area contributed by atoms with E-state index >= 15 is 0 Å². The molecule has 0 aliphatic carbocycles. The van der Waals surface area contributed by atoms with Gasteiger partial charge in [0.1, 0.15) is 18.5 Å². The lowest BCUT2D eigenvalue weighted by Crippen LogP contribution is -2.67. The van der Waals surface area contributed by atoms with Crippen LogP contribution in [0.5, 0.6) is 0 Å². The third-order valence-electron chi connectivity index (χ3n) is 6.05. The lowest BCUT2D eigenvalue weighted by molar-refractivity contribution is -0.180. The largest absolute Gasteiger partial charge is 0.423 e. The van der Waals surface area contributed by atoms with Crippen molar-refractivity contribution in [1.29, 1.82) is 0 Å². The van der Waals surface area contributed by atoms with Crippen molar-refractivity contribution in [2.24, 2.45) is 5.92 Å². The number of carbonyl (C=O) groups excluding carboxylic acids is 1. The SMILES string of the molecule is C[C@@H](COCC(=O)N[C@H]1CCN(C2NCC(C(F)(F)F)CN2)C[C@@H]1O)Nc1cn[nH]c(=O)c1C(F)(F)F. The summed E-state index contributed by atoms with van der Waals surface area (Å²) in [6, 6.07) is -1.32. The van der Waals surface area contributed by atoms with E-state index in [4.69, 9.17) is 4.74 Å². The molecule has 2 aliphatic rings. The quantitative estimate of drug-likeness (QED) is 0.245. The highest BCUT2D eigenvalue weighted by Gasteiger charge is 2.43. The maximum atomic E-state index is 13.1. The highest BCUT2D eigenvalue weighted by molar-refractivity contribution is 5.77. The molecule has 3 heterocycles. The summed E-state index contributed by atoms with van der Waals surface area (Å²) in [5.74, 6) is -2.05. The summed E-state index contributed by atoms with van der Waals surface area (Å²) in [6.07, 6.45) is -9.55. The molecule has 17 heteroatoms. The van der Waals surface area contributed by atoms with Gasteiger partial charge in [-0.15, -0.1) is 0 Å². The van der Waals surface area contributed by atoms with E-state index in [0.717, 1.165) is 6.20 Å². The molecule has 210 valence electrons. The van der Waals surface area contributed by atoms with Crippen LogP contribution in [0.4, 0.5) is 32.0 Å². The first-order valence-corrected chi connectivity index (χ1v) is 11.5. The summed E-state index contributed by atoms with van der Waals surface area (Å²) in [5, 5.41) is 26.2. The van der Waals surface area contributed by atoms with E-state index in [1.807, 2.05) is 0 Å². The molecule has 0 spiro atoms. The minimum Gasteiger partial charge on any atom is -0.390 e. The van der Waals surface area contributed by atoms with Gasteiger partial charge < -0.3 is 20.5 Å². The molecule has 6 N–H and O–H groups in total. The number of amides is 1. The first-order chi connectivity index (χ1) is 17.3. The summed E-state index contributed by atoms with van der Waals surface area (Å²) >= 11 is 0. The predicted molar refractivity (Wildman–Crippen MR) is 117 cm³/mol. The second-order valence-corrected chi connectivity index (χ2v) is 9.03. The number of anilines is 1. The van der Waals surface area contributed by atoms with E-state index in [9.17, 15) is 41.0 Å². The number of aromatic nitrogens is 2. The second-order valence-electron chi connectivity index (χ2n) is 9.03. The van der Waals surface area contributed by atoms with Gasteiger partial charge in [0.2, 0.25) is 5.91 Å². The Morgan fingerprint density at radius 1 is 1.27 bits per heavy atom. The van der Waals surface area contributed by atoms with Crippen LogP contribution in [-0.2, 0) is 15.7 Å². The van der Waals surface area contributed by atoms with E-state index in [2.05, 4.69) is 26.4 Å². The summed E-state index contributed by atoms with van der Waals surface area (Å²) in [6.45, 7) is 0.917. The fourth-order valence-corrected chi connectivity index (χ4v) is 4.17. The number of hydrogen-bond acceptors (Lipinski definition) is 9. The molecule has 2 aliphatic heterocycles. The number of aromatic amines is 1. The summed E-state index contributed by atoms with van der Waals surface area (Å²) in [5.41, 5.74) is -3.34. The number of likely N-dealkylation sites (tertiary alicyclic amines) is 1. The van der Waals surface area contributed by atoms with Gasteiger partial charge in [0, 0.05) is 32.2 Å². The fourth-order valence-electron chi connectivity index (χ4n) is 4.17. The molecular weight excluding hydrogens is 516 g/mol. The van der Waals surface area contributed by atoms with E-state index in [1.165, 1.54) is 6.92 Å². The zero-order valence-electron chi connectivity index (χ0n) is 19.7. The van der Waals surface area contributed by atoms with Crippen LogP contribution in [-0.4, -0.2) is 96.2 Å². The number of halogens is 6. The molecule has 0 aromatic carbocycles. The van der Waals surface area contributed by atoms with Gasteiger partial charge in [0.05, 0.1) is 36.6 Å². The normalized spacial score (nSPS) is 26.5. The van der Waals surface area contributed by atoms with Gasteiger partial charge in [-0.1, -0.05) is 0 Å². The van der Waals surface area contributed by atoms with Crippen molar-refractivity contribution in [3.05, 3.63) is 22.1 Å². The third kappa shape index (κ3) is 8.00. The number of alkyl halides is 6. The number of aliphatic hydroxyl groups excluding tert-OH is 1. The Hall–Kier alpha value is -2.47. The van der Waals surface area contributed by atoms with Crippen molar-refractivity contribution < 1.29 is 41.0 Å². The van der Waals surface area contributed by atoms with Crippen molar-refractivity contribution >= 4 is 11.6 Å². The number of H-pyrrole nitrogens is 1. The molecular formula is C20H29F6N7O4. The molecule has 1 aromatic rings. The van der Waals surface area contributed by atoms with Gasteiger partial charge in [-0.2, -0.15) is 31.4 Å². The van der Waals surface area contributed by atoms with E-state index in [-0.39, 0.29) is 26.2 Å². The average Bonchev–Trinajstić information content (AvgIpc) is 2.79. The van der Waals surface area contributed by atoms with Gasteiger partial charge in [0.25, 0.3) is 5.56 Å². The minimum absolute atomic E-state index is 0.111. The van der Waals surface area contributed by atoms with Crippen molar-refractivity contribution in [1.82, 2.24) is 31.0 Å². The number of piperidine rings is 1. The van der Waals surface area contributed by atoms with Crippen molar-refractivity contribution in [2.75, 3.05) is 44.7 Å². The summed E-state index contributed by atoms with van der Waals surface area (Å²) in [7, 11) is 0. The highest BCUT2D eigenvalue weighted by atomic mass is 19.4. The smallest absolute Gasteiger partial charge is 0.390 e. The first kappa shape index (κ1) is 29.1. The molecule has 11 nitrogen and oxygen atoms in total. The minimum atomic E-state index is -4.90. The van der Waals surface area contributed by atoms with E-state index in [1.54, 1.807) is 10.00 Å². The number of β-amino-alcohol motifs (C(OH)–C–C–N with tert-alkyl or cyclic N) is 1. The number of hydrogen-bond donors (Lipinski definition) is 6. The Labute approximate surface area is 207 Å². The molecule has 2 fully saturated rings. The topological polar surface area (TPSA) is 144 Å². The van der Waals surface area contributed by atoms with Crippen molar-refractivity contribution in [3.63, 3.8) is 0 Å². The lowest BCUT2D eigenvalue weighted by atomic mass is 10.0. The van der Waals surface area contributed by atoms with Crippen LogP contribution in [0.25, 0.3) is 0 Å². The Balaban J connectivity index is 1.39. The average molecular weight is 545 g/mol. The lowest BCUT2D eigenvalue weighted by Gasteiger charge is -2.43. The maximum absolute atomic E-state index is 13.1. The van der Waals surface area contributed by atoms with Crippen molar-refractivity contribution in [3.8, 4) is 0 Å². The Kier molecular flexibility index (Phi) is 9.38. The van der Waals surface area contributed by atoms with Gasteiger partial charge in [-0.05, 0) is 13.3 Å². The monoisotopic (exact) mass is 545 g/mol. The zero-order valence-corrected chi connectivity index (χ0v) is 19.7. The standard InChI is InChI=1S/C20H29F6N7O4/c1-10(30-13-6-29-32-17(36)16(13)20(24,25)26)8-37-9-15(35)31-12-2-3-33(7-14(12)34)18-27-4-11(5-28-18)19(21,22)23/h6,10-12,14,18,27-28,34H,2-5,7-9H2,1H3,(H,31,35)(H2,30,32,36)/t10-,11?,12-,14-,18?/m0/s1. The molecule has 0 unspecified atom stereocenters. The summed E-state index contributed by atoms with van der Waals surface area (Å²) < 4.78 is 83.0. The van der Waals surface area contributed by atoms with Crippen LogP contribution < -0.4 is 26.8 Å². The van der Waals surface area contributed by atoms with Gasteiger partial charge in [-0.25, -0.2) is 5.10 Å². The van der Waals surface area contributed by atoms with Crippen LogP contribution in [0.15, 0.2) is 11.0 Å². The molecule has 1 amide bonds. The number of ether oxygens (including phenoxy) is 1. The fraction of sp³-hybridized carbons (Fsp3) is 0.750. The van der Waals surface area contributed by atoms with Gasteiger partial charge in [0.15, 0.2) is 0 Å². The molecule has 3 atom stereocenters. The molecule has 3 rings (SSSR count). The van der Waals surface area contributed by atoms with Crippen LogP contribution in [0.2, 0.25) is 0 Å². The van der Waals surface area contributed by atoms with Gasteiger partial charge in [-0.3, -0.25) is 25.1 Å².